The van der Waals surface area contributed by atoms with Crippen LogP contribution in [0.5, 0.6) is 0 Å². The summed E-state index contributed by atoms with van der Waals surface area (Å²) in [5, 5.41) is 0.846. The van der Waals surface area contributed by atoms with Crippen LogP contribution in [0, 0.1) is 20.8 Å². The van der Waals surface area contributed by atoms with E-state index >= 15 is 0 Å². The molecule has 0 saturated carbocycles. The normalized spacial score (nSPS) is 10.7. The van der Waals surface area contributed by atoms with Crippen LogP contribution in [0.4, 0.5) is 0 Å². The first-order valence-corrected chi connectivity index (χ1v) is 7.99. The van der Waals surface area contributed by atoms with Crippen molar-refractivity contribution in [1.82, 2.24) is 9.97 Å². The first-order valence-electron chi connectivity index (χ1n) is 7.17. The van der Waals surface area contributed by atoms with Crippen LogP contribution in [-0.2, 0) is 11.3 Å². The highest BCUT2D eigenvalue weighted by Gasteiger charge is 2.18. The van der Waals surface area contributed by atoms with Crippen LogP contribution < -0.4 is 0 Å². The summed E-state index contributed by atoms with van der Waals surface area (Å²) >= 11 is 1.33. The molecule has 2 aromatic heterocycles. The van der Waals surface area contributed by atoms with Crippen LogP contribution >= 0.6 is 11.3 Å². The first kappa shape index (κ1) is 15.4. The molecule has 0 radical (unpaired) electrons. The molecule has 0 fully saturated rings. The molecule has 23 heavy (non-hydrogen) atoms. The number of hydrogen-bond donors (Lipinski definition) is 0. The maximum Gasteiger partial charge on any atom is 0.350 e. The molecule has 5 nitrogen and oxygen atoms in total. The Bertz CT molecular complexity index is 837. The van der Waals surface area contributed by atoms with Crippen molar-refractivity contribution >= 4 is 17.3 Å². The molecule has 0 N–H and O–H groups in total. The second-order valence-corrected chi connectivity index (χ2v) is 6.31. The predicted molar refractivity (Wildman–Crippen MR) is 87.4 cm³/mol. The first-order chi connectivity index (χ1) is 11.0. The van der Waals surface area contributed by atoms with Crippen LogP contribution in [0.2, 0.25) is 0 Å². The molecule has 0 atom stereocenters. The summed E-state index contributed by atoms with van der Waals surface area (Å²) in [6.07, 6.45) is 0. The molecule has 0 spiro atoms. The van der Waals surface area contributed by atoms with E-state index in [1.54, 1.807) is 6.92 Å². The zero-order valence-corrected chi connectivity index (χ0v) is 13.9. The predicted octanol–water partition coefficient (Wildman–Crippen LogP) is 4.08. The summed E-state index contributed by atoms with van der Waals surface area (Å²) in [5.41, 5.74) is 2.21. The van der Waals surface area contributed by atoms with Gasteiger partial charge in [0.2, 0.25) is 5.89 Å². The van der Waals surface area contributed by atoms with Gasteiger partial charge in [0.15, 0.2) is 0 Å². The minimum Gasteiger partial charge on any atom is -0.455 e. The second-order valence-electron chi connectivity index (χ2n) is 5.11. The number of benzene rings is 1. The lowest BCUT2D eigenvalue weighted by molar-refractivity contribution is 0.0471. The molecule has 3 rings (SSSR count). The van der Waals surface area contributed by atoms with Crippen LogP contribution in [0.1, 0.15) is 31.8 Å². The van der Waals surface area contributed by atoms with Crippen LogP contribution in [0.3, 0.4) is 0 Å². The monoisotopic (exact) mass is 328 g/mol. The molecule has 0 unspecified atom stereocenters. The van der Waals surface area contributed by atoms with Crippen molar-refractivity contribution in [3.8, 4) is 11.5 Å². The molecular formula is C17H16N2O3S. The summed E-state index contributed by atoms with van der Waals surface area (Å²) in [7, 11) is 0. The number of nitrogens with zero attached hydrogens (tertiary/aromatic N) is 2. The third-order valence-corrected chi connectivity index (χ3v) is 4.40. The topological polar surface area (TPSA) is 65.2 Å². The highest BCUT2D eigenvalue weighted by Crippen LogP contribution is 2.23. The molecule has 0 aliphatic heterocycles. The second kappa shape index (κ2) is 6.34. The third-order valence-electron chi connectivity index (χ3n) is 3.34. The number of rotatable bonds is 4. The lowest BCUT2D eigenvalue weighted by atomic mass is 10.2. The summed E-state index contributed by atoms with van der Waals surface area (Å²) in [6, 6.07) is 9.61. The molecule has 0 aliphatic carbocycles. The number of esters is 1. The van der Waals surface area contributed by atoms with Crippen molar-refractivity contribution in [2.24, 2.45) is 0 Å². The zero-order valence-electron chi connectivity index (χ0n) is 13.1. The van der Waals surface area contributed by atoms with Gasteiger partial charge in [-0.2, -0.15) is 0 Å². The zero-order chi connectivity index (χ0) is 16.4. The molecule has 2 heterocycles. The highest BCUT2D eigenvalue weighted by molar-refractivity contribution is 7.13. The number of hydrogen-bond acceptors (Lipinski definition) is 6. The van der Waals surface area contributed by atoms with Gasteiger partial charge in [0.25, 0.3) is 0 Å². The van der Waals surface area contributed by atoms with Crippen molar-refractivity contribution in [1.29, 1.82) is 0 Å². The number of aryl methyl sites for hydroxylation is 3. The van der Waals surface area contributed by atoms with E-state index in [1.807, 2.05) is 44.2 Å². The van der Waals surface area contributed by atoms with Crippen molar-refractivity contribution in [2.45, 2.75) is 27.4 Å². The quantitative estimate of drug-likeness (QED) is 0.675. The van der Waals surface area contributed by atoms with Gasteiger partial charge in [-0.25, -0.2) is 14.8 Å². The largest absolute Gasteiger partial charge is 0.455 e. The Kier molecular flexibility index (Phi) is 4.25. The lowest BCUT2D eigenvalue weighted by Crippen LogP contribution is -2.05. The highest BCUT2D eigenvalue weighted by atomic mass is 32.1. The van der Waals surface area contributed by atoms with E-state index in [4.69, 9.17) is 9.15 Å². The molecule has 1 aromatic carbocycles. The van der Waals surface area contributed by atoms with Gasteiger partial charge in [-0.1, -0.05) is 18.2 Å². The fourth-order valence-electron chi connectivity index (χ4n) is 2.19. The number of carbonyl (C=O) groups is 1. The minimum atomic E-state index is -0.378. The van der Waals surface area contributed by atoms with Crippen molar-refractivity contribution in [3.63, 3.8) is 0 Å². The molecular weight excluding hydrogens is 312 g/mol. The molecule has 0 aliphatic rings. The standard InChI is InChI=1S/C17H16N2O3S/c1-10-15(23-12(3)18-10)17(20)21-9-14-11(2)22-16(19-14)13-7-5-4-6-8-13/h4-8H,9H2,1-3H3. The number of aromatic nitrogens is 2. The van der Waals surface area contributed by atoms with Gasteiger partial charge in [-0.3, -0.25) is 0 Å². The van der Waals surface area contributed by atoms with Crippen LogP contribution in [0.25, 0.3) is 11.5 Å². The fraction of sp³-hybridized carbons (Fsp3) is 0.235. The Hall–Kier alpha value is -2.47. The van der Waals surface area contributed by atoms with Gasteiger partial charge in [-0.05, 0) is 32.9 Å². The molecule has 3 aromatic rings. The van der Waals surface area contributed by atoms with Crippen molar-refractivity contribution < 1.29 is 13.9 Å². The number of ether oxygens (including phenoxy) is 1. The van der Waals surface area contributed by atoms with E-state index in [-0.39, 0.29) is 12.6 Å². The van der Waals surface area contributed by atoms with Gasteiger partial charge >= 0.3 is 5.97 Å². The molecule has 6 heteroatoms. The molecule has 0 amide bonds. The number of carbonyl (C=O) groups excluding carboxylic acids is 1. The smallest absolute Gasteiger partial charge is 0.350 e. The summed E-state index contributed by atoms with van der Waals surface area (Å²) < 4.78 is 11.0. The molecule has 118 valence electrons. The molecule has 0 saturated heterocycles. The van der Waals surface area contributed by atoms with Gasteiger partial charge < -0.3 is 9.15 Å². The van der Waals surface area contributed by atoms with Gasteiger partial charge in [0.05, 0.1) is 10.7 Å². The Labute approximate surface area is 138 Å². The summed E-state index contributed by atoms with van der Waals surface area (Å²) in [6.45, 7) is 5.55. The average molecular weight is 328 g/mol. The SMILES string of the molecule is Cc1nc(C)c(C(=O)OCc2nc(-c3ccccc3)oc2C)s1. The van der Waals surface area contributed by atoms with E-state index in [9.17, 15) is 4.79 Å². The van der Waals surface area contributed by atoms with E-state index < -0.39 is 0 Å². The third kappa shape index (κ3) is 3.32. The Balaban J connectivity index is 1.73. The maximum absolute atomic E-state index is 12.1. The summed E-state index contributed by atoms with van der Waals surface area (Å²) in [5.74, 6) is 0.796. The Morgan fingerprint density at radius 2 is 1.91 bits per heavy atom. The van der Waals surface area contributed by atoms with Crippen molar-refractivity contribution in [3.05, 3.63) is 57.4 Å². The van der Waals surface area contributed by atoms with Gasteiger partial charge in [0, 0.05) is 5.56 Å². The van der Waals surface area contributed by atoms with E-state index in [0.29, 0.717) is 27.9 Å². The van der Waals surface area contributed by atoms with E-state index in [1.165, 1.54) is 11.3 Å². The Morgan fingerprint density at radius 3 is 2.57 bits per heavy atom. The van der Waals surface area contributed by atoms with Gasteiger partial charge in [0.1, 0.15) is 22.9 Å². The lowest BCUT2D eigenvalue weighted by Gasteiger charge is -2.01. The summed E-state index contributed by atoms with van der Waals surface area (Å²) in [4.78, 5) is 21.3. The average Bonchev–Trinajstić information content (AvgIpc) is 3.08. The number of oxazole rings is 1. The van der Waals surface area contributed by atoms with Crippen molar-refractivity contribution in [2.75, 3.05) is 0 Å². The fourth-order valence-corrected chi connectivity index (χ4v) is 3.00. The minimum absolute atomic E-state index is 0.0807. The van der Waals surface area contributed by atoms with Crippen LogP contribution in [-0.4, -0.2) is 15.9 Å². The molecule has 0 bridgehead atoms. The maximum atomic E-state index is 12.1. The van der Waals surface area contributed by atoms with Crippen LogP contribution in [0.15, 0.2) is 34.7 Å². The number of thiazole rings is 1. The van der Waals surface area contributed by atoms with E-state index in [0.717, 1.165) is 10.6 Å². The Morgan fingerprint density at radius 1 is 1.17 bits per heavy atom. The van der Waals surface area contributed by atoms with E-state index in [2.05, 4.69) is 9.97 Å². The van der Waals surface area contributed by atoms with Gasteiger partial charge in [-0.15, -0.1) is 11.3 Å².